The van der Waals surface area contributed by atoms with Gasteiger partial charge in [0, 0.05) is 12.6 Å². The molecule has 1 aromatic carbocycles. The first-order valence-electron chi connectivity index (χ1n) is 7.57. The molecule has 0 unspecified atom stereocenters. The number of aliphatic hydroxyl groups is 1. The Hall–Kier alpha value is -1.20. The molecule has 3 rings (SSSR count). The van der Waals surface area contributed by atoms with Crippen LogP contribution in [0, 0.1) is 17.0 Å². The number of anilines is 1. The quantitative estimate of drug-likeness (QED) is 0.799. The second-order valence-corrected chi connectivity index (χ2v) is 6.70. The Kier molecular flexibility index (Phi) is 4.12. The van der Waals surface area contributed by atoms with Crippen LogP contribution in [0.5, 0.6) is 0 Å². The Labute approximate surface area is 132 Å². The fraction of sp³-hybridized carbons (Fsp3) is 0.562. The normalized spacial score (nSPS) is 29.2. The number of amides is 1. The molecule has 0 radical (unpaired) electrons. The average Bonchev–Trinajstić information content (AvgIpc) is 2.49. The van der Waals surface area contributed by atoms with Gasteiger partial charge in [0.05, 0.1) is 22.2 Å². The lowest BCUT2D eigenvalue weighted by molar-refractivity contribution is -0.133. The van der Waals surface area contributed by atoms with Crippen molar-refractivity contribution in [3.8, 4) is 0 Å². The monoisotopic (exact) mass is 329 g/mol. The molecule has 0 atom stereocenters. The highest BCUT2D eigenvalue weighted by atomic mass is 35.5. The Morgan fingerprint density at radius 1 is 1.18 bits per heavy atom. The minimum absolute atomic E-state index is 0.0418. The molecule has 1 aliphatic heterocycles. The average molecular weight is 330 g/mol. The third kappa shape index (κ3) is 2.61. The van der Waals surface area contributed by atoms with E-state index in [2.05, 4.69) is 0 Å². The van der Waals surface area contributed by atoms with Crippen LogP contribution in [0.15, 0.2) is 12.1 Å². The van der Waals surface area contributed by atoms with Gasteiger partial charge in [-0.25, -0.2) is 8.78 Å². The van der Waals surface area contributed by atoms with Crippen molar-refractivity contribution in [2.45, 2.75) is 44.6 Å². The summed E-state index contributed by atoms with van der Waals surface area (Å²) < 4.78 is 26.7. The molecule has 22 heavy (non-hydrogen) atoms. The van der Waals surface area contributed by atoms with Crippen molar-refractivity contribution in [2.24, 2.45) is 5.41 Å². The lowest BCUT2D eigenvalue weighted by Gasteiger charge is -2.45. The van der Waals surface area contributed by atoms with Crippen LogP contribution in [0.1, 0.15) is 38.5 Å². The zero-order valence-electron chi connectivity index (χ0n) is 12.1. The molecule has 1 heterocycles. The molecule has 3 nitrogen and oxygen atoms in total. The van der Waals surface area contributed by atoms with Gasteiger partial charge in [-0.1, -0.05) is 11.6 Å². The number of benzene rings is 1. The summed E-state index contributed by atoms with van der Waals surface area (Å²) in [6.07, 6.45) is 3.68. The summed E-state index contributed by atoms with van der Waals surface area (Å²) >= 11 is 6.01. The van der Waals surface area contributed by atoms with Gasteiger partial charge in [0.2, 0.25) is 5.91 Å². The molecule has 2 fully saturated rings. The number of halogens is 3. The van der Waals surface area contributed by atoms with Crippen molar-refractivity contribution in [1.29, 1.82) is 0 Å². The Balaban J connectivity index is 1.92. The van der Waals surface area contributed by atoms with Crippen molar-refractivity contribution in [2.75, 3.05) is 11.4 Å². The van der Waals surface area contributed by atoms with Crippen molar-refractivity contribution < 1.29 is 18.7 Å². The maximum Gasteiger partial charge on any atom is 0.233 e. The summed E-state index contributed by atoms with van der Waals surface area (Å²) in [6.45, 7) is 0.452. The Morgan fingerprint density at radius 2 is 1.82 bits per heavy atom. The predicted molar refractivity (Wildman–Crippen MR) is 79.9 cm³/mol. The maximum absolute atomic E-state index is 13.5. The summed E-state index contributed by atoms with van der Waals surface area (Å²) in [5.41, 5.74) is -0.262. The molecular formula is C16H18ClF2NO2. The minimum atomic E-state index is -1.02. The Morgan fingerprint density at radius 3 is 2.50 bits per heavy atom. The van der Waals surface area contributed by atoms with Crippen LogP contribution in [-0.2, 0) is 4.79 Å². The van der Waals surface area contributed by atoms with Gasteiger partial charge in [-0.2, -0.15) is 0 Å². The predicted octanol–water partition coefficient (Wildman–Crippen LogP) is 3.67. The van der Waals surface area contributed by atoms with Crippen LogP contribution in [0.25, 0.3) is 0 Å². The van der Waals surface area contributed by atoms with Crippen molar-refractivity contribution in [1.82, 2.24) is 0 Å². The summed E-state index contributed by atoms with van der Waals surface area (Å²) in [5, 5.41) is 9.71. The third-order valence-corrected chi connectivity index (χ3v) is 5.23. The van der Waals surface area contributed by atoms with E-state index in [4.69, 9.17) is 11.6 Å². The Bertz CT molecular complexity index is 600. The second-order valence-electron chi connectivity index (χ2n) is 6.29. The molecule has 6 heteroatoms. The molecule has 2 aliphatic rings. The topological polar surface area (TPSA) is 40.5 Å². The van der Waals surface area contributed by atoms with Gasteiger partial charge in [-0.05, 0) is 44.6 Å². The molecule has 1 saturated carbocycles. The van der Waals surface area contributed by atoms with Crippen molar-refractivity contribution in [3.63, 3.8) is 0 Å². The highest BCUT2D eigenvalue weighted by Crippen LogP contribution is 2.46. The molecule has 1 N–H and O–H groups in total. The summed E-state index contributed by atoms with van der Waals surface area (Å²) in [5.74, 6) is -2.11. The summed E-state index contributed by atoms with van der Waals surface area (Å²) in [6, 6.07) is 1.90. The van der Waals surface area contributed by atoms with E-state index in [1.807, 2.05) is 0 Å². The molecule has 120 valence electrons. The van der Waals surface area contributed by atoms with Gasteiger partial charge in [0.15, 0.2) is 11.6 Å². The molecule has 0 aromatic heterocycles. The van der Waals surface area contributed by atoms with Gasteiger partial charge in [-0.15, -0.1) is 0 Å². The van der Waals surface area contributed by atoms with Crippen LogP contribution in [0.2, 0.25) is 5.02 Å². The third-order valence-electron chi connectivity index (χ3n) is 4.93. The smallest absolute Gasteiger partial charge is 0.233 e. The maximum atomic E-state index is 13.5. The first kappa shape index (κ1) is 15.7. The number of hydrogen-bond donors (Lipinski definition) is 1. The van der Waals surface area contributed by atoms with E-state index in [0.717, 1.165) is 25.0 Å². The van der Waals surface area contributed by atoms with Crippen LogP contribution < -0.4 is 4.90 Å². The van der Waals surface area contributed by atoms with E-state index < -0.39 is 17.0 Å². The van der Waals surface area contributed by atoms with E-state index >= 15 is 0 Å². The van der Waals surface area contributed by atoms with Crippen molar-refractivity contribution >= 4 is 23.2 Å². The first-order chi connectivity index (χ1) is 10.4. The zero-order valence-corrected chi connectivity index (χ0v) is 12.9. The van der Waals surface area contributed by atoms with Gasteiger partial charge in [0.1, 0.15) is 0 Å². The summed E-state index contributed by atoms with van der Waals surface area (Å²) in [4.78, 5) is 14.4. The summed E-state index contributed by atoms with van der Waals surface area (Å²) in [7, 11) is 0. The van der Waals surface area contributed by atoms with E-state index in [9.17, 15) is 18.7 Å². The molecule has 1 aromatic rings. The van der Waals surface area contributed by atoms with Gasteiger partial charge < -0.3 is 10.0 Å². The number of nitrogens with zero attached hydrogens (tertiary/aromatic N) is 1. The number of aliphatic hydroxyl groups excluding tert-OH is 1. The molecule has 0 bridgehead atoms. The molecule has 1 aliphatic carbocycles. The standard InChI is InChI=1S/C16H18ClF2NO2/c17-11-8-12(18)13(19)9-14(11)20-7-1-4-16(15(20)22)5-2-10(21)3-6-16/h8-10,21H,1-7H2. The van der Waals surface area contributed by atoms with Gasteiger partial charge in [0.25, 0.3) is 0 Å². The highest BCUT2D eigenvalue weighted by Gasteiger charge is 2.46. The molecular weight excluding hydrogens is 312 g/mol. The lowest BCUT2D eigenvalue weighted by Crippen LogP contribution is -2.51. The fourth-order valence-corrected chi connectivity index (χ4v) is 3.89. The lowest BCUT2D eigenvalue weighted by atomic mass is 9.68. The zero-order chi connectivity index (χ0) is 15.9. The van der Waals surface area contributed by atoms with E-state index in [1.165, 1.54) is 4.90 Å². The van der Waals surface area contributed by atoms with E-state index in [1.54, 1.807) is 0 Å². The van der Waals surface area contributed by atoms with E-state index in [-0.39, 0.29) is 22.7 Å². The number of carbonyl (C=O) groups is 1. The van der Waals surface area contributed by atoms with Crippen LogP contribution in [0.4, 0.5) is 14.5 Å². The second kappa shape index (κ2) is 5.78. The van der Waals surface area contributed by atoms with E-state index in [0.29, 0.717) is 32.2 Å². The van der Waals surface area contributed by atoms with Gasteiger partial charge in [-0.3, -0.25) is 4.79 Å². The molecule has 1 saturated heterocycles. The van der Waals surface area contributed by atoms with Crippen LogP contribution in [-0.4, -0.2) is 23.7 Å². The number of piperidine rings is 1. The van der Waals surface area contributed by atoms with Crippen LogP contribution in [0.3, 0.4) is 0 Å². The van der Waals surface area contributed by atoms with Crippen LogP contribution >= 0.6 is 11.6 Å². The molecule has 1 amide bonds. The number of hydrogen-bond acceptors (Lipinski definition) is 2. The first-order valence-corrected chi connectivity index (χ1v) is 7.95. The number of carbonyl (C=O) groups excluding carboxylic acids is 1. The fourth-order valence-electron chi connectivity index (χ4n) is 3.64. The minimum Gasteiger partial charge on any atom is -0.393 e. The molecule has 1 spiro atoms. The largest absolute Gasteiger partial charge is 0.393 e. The highest BCUT2D eigenvalue weighted by molar-refractivity contribution is 6.33. The SMILES string of the molecule is O=C1N(c2cc(F)c(F)cc2Cl)CCCC12CCC(O)CC2. The van der Waals surface area contributed by atoms with Gasteiger partial charge >= 0.3 is 0 Å². The number of rotatable bonds is 1. The van der Waals surface area contributed by atoms with Crippen molar-refractivity contribution in [3.05, 3.63) is 28.8 Å².